The van der Waals surface area contributed by atoms with E-state index in [1.165, 1.54) is 5.56 Å². The van der Waals surface area contributed by atoms with Crippen molar-refractivity contribution >= 4 is 5.91 Å². The maximum atomic E-state index is 12.3. The molecule has 1 aromatic carbocycles. The van der Waals surface area contributed by atoms with Crippen molar-refractivity contribution in [2.75, 3.05) is 33.4 Å². The number of β-amino-alcohol motifs (C(OH)–C–C–N with tert-alkyl or cyclic N) is 1. The van der Waals surface area contributed by atoms with Crippen molar-refractivity contribution in [2.45, 2.75) is 45.3 Å². The van der Waals surface area contributed by atoms with E-state index in [0.717, 1.165) is 37.1 Å². The van der Waals surface area contributed by atoms with Crippen molar-refractivity contribution in [3.63, 3.8) is 0 Å². The smallest absolute Gasteiger partial charge is 0.224 e. The normalized spacial score (nSPS) is 17.7. The summed E-state index contributed by atoms with van der Waals surface area (Å²) < 4.78 is 4.96. The number of aliphatic hydroxyl groups excluding tert-OH is 1. The Hall–Kier alpha value is -1.43. The van der Waals surface area contributed by atoms with Crippen molar-refractivity contribution in [1.82, 2.24) is 10.2 Å². The SMILES string of the molecule is COCC(O)CN1CCC(NC(=O)Cc2cc(C)ccc2C)CC1. The number of hydrogen-bond donors (Lipinski definition) is 2. The lowest BCUT2D eigenvalue weighted by Crippen LogP contribution is -2.47. The van der Waals surface area contributed by atoms with E-state index < -0.39 is 6.10 Å². The van der Waals surface area contributed by atoms with Crippen LogP contribution in [-0.4, -0.2) is 61.4 Å². The molecule has 0 saturated carbocycles. The maximum absolute atomic E-state index is 12.3. The zero-order valence-electron chi connectivity index (χ0n) is 15.0. The summed E-state index contributed by atoms with van der Waals surface area (Å²) in [4.78, 5) is 14.5. The van der Waals surface area contributed by atoms with Crippen LogP contribution in [0.5, 0.6) is 0 Å². The monoisotopic (exact) mass is 334 g/mol. The first-order valence-corrected chi connectivity index (χ1v) is 8.72. The van der Waals surface area contributed by atoms with Gasteiger partial charge in [-0.3, -0.25) is 4.79 Å². The number of likely N-dealkylation sites (tertiary alicyclic amines) is 1. The third kappa shape index (κ3) is 5.89. The highest BCUT2D eigenvalue weighted by Crippen LogP contribution is 2.14. The van der Waals surface area contributed by atoms with Gasteiger partial charge in [-0.1, -0.05) is 23.8 Å². The Bertz CT molecular complexity index is 539. The molecule has 2 N–H and O–H groups in total. The van der Waals surface area contributed by atoms with Crippen LogP contribution >= 0.6 is 0 Å². The van der Waals surface area contributed by atoms with Crippen molar-refractivity contribution in [3.05, 3.63) is 34.9 Å². The largest absolute Gasteiger partial charge is 0.389 e. The molecule has 24 heavy (non-hydrogen) atoms. The summed E-state index contributed by atoms with van der Waals surface area (Å²) in [6.07, 6.45) is 1.86. The molecule has 1 atom stereocenters. The molecule has 5 heteroatoms. The van der Waals surface area contributed by atoms with E-state index in [-0.39, 0.29) is 11.9 Å². The van der Waals surface area contributed by atoms with E-state index in [9.17, 15) is 9.90 Å². The molecule has 5 nitrogen and oxygen atoms in total. The lowest BCUT2D eigenvalue weighted by molar-refractivity contribution is -0.121. The highest BCUT2D eigenvalue weighted by molar-refractivity contribution is 5.79. The number of methoxy groups -OCH3 is 1. The number of amides is 1. The molecule has 1 aliphatic heterocycles. The predicted molar refractivity (Wildman–Crippen MR) is 95.1 cm³/mol. The number of nitrogens with zero attached hydrogens (tertiary/aromatic N) is 1. The van der Waals surface area contributed by atoms with Crippen LogP contribution in [-0.2, 0) is 16.0 Å². The first-order valence-electron chi connectivity index (χ1n) is 8.72. The average Bonchev–Trinajstić information content (AvgIpc) is 2.53. The molecule has 0 bridgehead atoms. The molecule has 1 unspecified atom stereocenters. The fourth-order valence-electron chi connectivity index (χ4n) is 3.25. The number of benzene rings is 1. The van der Waals surface area contributed by atoms with E-state index in [0.29, 0.717) is 19.6 Å². The summed E-state index contributed by atoms with van der Waals surface area (Å²) in [7, 11) is 1.60. The van der Waals surface area contributed by atoms with Gasteiger partial charge in [-0.05, 0) is 37.8 Å². The van der Waals surface area contributed by atoms with Gasteiger partial charge >= 0.3 is 0 Å². The number of aryl methyl sites for hydroxylation is 2. The Balaban J connectivity index is 1.75. The molecular weight excluding hydrogens is 304 g/mol. The predicted octanol–water partition coefficient (Wildman–Crippen LogP) is 1.43. The van der Waals surface area contributed by atoms with Crippen molar-refractivity contribution in [3.8, 4) is 0 Å². The minimum absolute atomic E-state index is 0.0987. The van der Waals surface area contributed by atoms with Gasteiger partial charge in [0.2, 0.25) is 5.91 Å². The minimum Gasteiger partial charge on any atom is -0.389 e. The van der Waals surface area contributed by atoms with Gasteiger partial charge in [0.25, 0.3) is 0 Å². The van der Waals surface area contributed by atoms with Crippen LogP contribution in [0, 0.1) is 13.8 Å². The second kappa shape index (κ2) is 9.16. The third-order valence-corrected chi connectivity index (χ3v) is 4.64. The van der Waals surface area contributed by atoms with E-state index in [1.807, 2.05) is 6.92 Å². The molecule has 2 rings (SSSR count). The highest BCUT2D eigenvalue weighted by atomic mass is 16.5. The Morgan fingerprint density at radius 1 is 1.38 bits per heavy atom. The highest BCUT2D eigenvalue weighted by Gasteiger charge is 2.22. The lowest BCUT2D eigenvalue weighted by atomic mass is 10.0. The quantitative estimate of drug-likeness (QED) is 0.792. The number of nitrogens with one attached hydrogen (secondary N) is 1. The van der Waals surface area contributed by atoms with Gasteiger partial charge < -0.3 is 20.1 Å². The van der Waals surface area contributed by atoms with Gasteiger partial charge in [0.1, 0.15) is 0 Å². The summed E-state index contributed by atoms with van der Waals surface area (Å²) in [5, 5.41) is 12.9. The molecule has 0 aromatic heterocycles. The maximum Gasteiger partial charge on any atom is 0.224 e. The van der Waals surface area contributed by atoms with Crippen LogP contribution in [0.25, 0.3) is 0 Å². The van der Waals surface area contributed by atoms with Crippen LogP contribution in [0.1, 0.15) is 29.5 Å². The summed E-state index contributed by atoms with van der Waals surface area (Å²) >= 11 is 0. The summed E-state index contributed by atoms with van der Waals surface area (Å²) in [6.45, 7) is 6.90. The fraction of sp³-hybridized carbons (Fsp3) is 0.632. The van der Waals surface area contributed by atoms with Gasteiger partial charge in [0.05, 0.1) is 19.1 Å². The van der Waals surface area contributed by atoms with Crippen LogP contribution in [0.3, 0.4) is 0 Å². The molecule has 1 amide bonds. The van der Waals surface area contributed by atoms with E-state index >= 15 is 0 Å². The average molecular weight is 334 g/mol. The summed E-state index contributed by atoms with van der Waals surface area (Å²) in [6, 6.07) is 6.47. The zero-order chi connectivity index (χ0) is 17.5. The van der Waals surface area contributed by atoms with Crippen molar-refractivity contribution in [2.24, 2.45) is 0 Å². The Morgan fingerprint density at radius 3 is 2.75 bits per heavy atom. The molecule has 0 radical (unpaired) electrons. The second-order valence-corrected chi connectivity index (χ2v) is 6.86. The molecular formula is C19H30N2O3. The summed E-state index contributed by atoms with van der Waals surface area (Å²) in [5.74, 6) is 0.0987. The molecule has 1 heterocycles. The Morgan fingerprint density at radius 2 is 2.08 bits per heavy atom. The van der Waals surface area contributed by atoms with E-state index in [4.69, 9.17) is 4.74 Å². The number of ether oxygens (including phenoxy) is 1. The zero-order valence-corrected chi connectivity index (χ0v) is 15.0. The van der Waals surface area contributed by atoms with E-state index in [2.05, 4.69) is 35.3 Å². The fourth-order valence-corrected chi connectivity index (χ4v) is 3.25. The number of carbonyl (C=O) groups excluding carboxylic acids is 1. The van der Waals surface area contributed by atoms with Crippen molar-refractivity contribution < 1.29 is 14.6 Å². The van der Waals surface area contributed by atoms with Gasteiger partial charge in [-0.15, -0.1) is 0 Å². The third-order valence-electron chi connectivity index (χ3n) is 4.64. The van der Waals surface area contributed by atoms with Crippen molar-refractivity contribution in [1.29, 1.82) is 0 Å². The van der Waals surface area contributed by atoms with Gasteiger partial charge in [0.15, 0.2) is 0 Å². The molecule has 134 valence electrons. The topological polar surface area (TPSA) is 61.8 Å². The summed E-state index contributed by atoms with van der Waals surface area (Å²) in [5.41, 5.74) is 3.46. The molecule has 1 aromatic rings. The minimum atomic E-state index is -0.439. The van der Waals surface area contributed by atoms with Gasteiger partial charge in [0, 0.05) is 32.8 Å². The van der Waals surface area contributed by atoms with Crippen LogP contribution in [0.4, 0.5) is 0 Å². The number of hydrogen-bond acceptors (Lipinski definition) is 4. The van der Waals surface area contributed by atoms with Gasteiger partial charge in [-0.2, -0.15) is 0 Å². The first-order chi connectivity index (χ1) is 11.5. The molecule has 1 aliphatic rings. The number of aliphatic hydroxyl groups is 1. The molecule has 0 spiro atoms. The second-order valence-electron chi connectivity index (χ2n) is 6.86. The molecule has 1 fully saturated rings. The Labute approximate surface area is 145 Å². The lowest BCUT2D eigenvalue weighted by Gasteiger charge is -2.33. The number of piperidine rings is 1. The molecule has 0 aliphatic carbocycles. The molecule has 1 saturated heterocycles. The van der Waals surface area contributed by atoms with Gasteiger partial charge in [-0.25, -0.2) is 0 Å². The van der Waals surface area contributed by atoms with Crippen LogP contribution in [0.15, 0.2) is 18.2 Å². The first kappa shape index (κ1) is 18.9. The van der Waals surface area contributed by atoms with E-state index in [1.54, 1.807) is 7.11 Å². The Kier molecular flexibility index (Phi) is 7.21. The van der Waals surface area contributed by atoms with Crippen LogP contribution < -0.4 is 5.32 Å². The standard InChI is InChI=1S/C19H30N2O3/c1-14-4-5-15(2)16(10-14)11-19(23)20-17-6-8-21(9-7-17)12-18(22)13-24-3/h4-5,10,17-18,22H,6-9,11-13H2,1-3H3,(H,20,23). The number of carbonyl (C=O) groups is 1. The number of rotatable bonds is 7. The van der Waals surface area contributed by atoms with Crippen LogP contribution in [0.2, 0.25) is 0 Å².